The molecule has 6 nitrogen and oxygen atoms in total. The van der Waals surface area contributed by atoms with Gasteiger partial charge in [-0.3, -0.25) is 10.1 Å². The van der Waals surface area contributed by atoms with Crippen LogP contribution < -0.4 is 5.32 Å². The lowest BCUT2D eigenvalue weighted by Crippen LogP contribution is -2.31. The lowest BCUT2D eigenvalue weighted by molar-refractivity contribution is -0.385. The minimum Gasteiger partial charge on any atom is -0.368 e. The van der Waals surface area contributed by atoms with Crippen LogP contribution in [0.5, 0.6) is 0 Å². The fraction of sp³-hybridized carbons (Fsp3) is 0.545. The van der Waals surface area contributed by atoms with Gasteiger partial charge in [0.25, 0.3) is 5.69 Å². The Morgan fingerprint density at radius 2 is 2.18 bits per heavy atom. The number of nitrogens with zero attached hydrogens (tertiary/aromatic N) is 3. The van der Waals surface area contributed by atoms with Crippen LogP contribution in [0.25, 0.3) is 0 Å². The zero-order valence-electron chi connectivity index (χ0n) is 10.6. The monoisotopic (exact) mass is 238 g/mol. The standard InChI is InChI=1S/C11H18N4O2/c1-8(14(3)4)7-12-11-6-5-10(15(16)17)9(2)13-11/h5-6,8H,7H2,1-4H3,(H,12,13). The smallest absolute Gasteiger partial charge is 0.290 e. The van der Waals surface area contributed by atoms with Gasteiger partial charge in [0.1, 0.15) is 11.5 Å². The third-order valence-corrected chi connectivity index (χ3v) is 2.71. The number of nitrogens with one attached hydrogen (secondary N) is 1. The van der Waals surface area contributed by atoms with Crippen molar-refractivity contribution < 1.29 is 4.92 Å². The number of nitro groups is 1. The topological polar surface area (TPSA) is 71.3 Å². The molecule has 0 bridgehead atoms. The SMILES string of the molecule is Cc1nc(NCC(C)N(C)C)ccc1[N+](=O)[O-]. The van der Waals surface area contributed by atoms with Gasteiger partial charge in [-0.25, -0.2) is 4.98 Å². The first-order valence-electron chi connectivity index (χ1n) is 5.44. The highest BCUT2D eigenvalue weighted by Gasteiger charge is 2.12. The highest BCUT2D eigenvalue weighted by molar-refractivity contribution is 5.44. The highest BCUT2D eigenvalue weighted by Crippen LogP contribution is 2.17. The molecule has 1 atom stereocenters. The Hall–Kier alpha value is -1.69. The second-order valence-electron chi connectivity index (χ2n) is 4.25. The van der Waals surface area contributed by atoms with Gasteiger partial charge < -0.3 is 10.2 Å². The quantitative estimate of drug-likeness (QED) is 0.624. The minimum absolute atomic E-state index is 0.0520. The summed E-state index contributed by atoms with van der Waals surface area (Å²) in [5.74, 6) is 0.668. The molecule has 0 amide bonds. The van der Waals surface area contributed by atoms with Gasteiger partial charge in [0.05, 0.1) is 4.92 Å². The summed E-state index contributed by atoms with van der Waals surface area (Å²) in [5.41, 5.74) is 0.480. The van der Waals surface area contributed by atoms with E-state index < -0.39 is 4.92 Å². The number of likely N-dealkylation sites (N-methyl/N-ethyl adjacent to an activating group) is 1. The van der Waals surface area contributed by atoms with Gasteiger partial charge in [-0.2, -0.15) is 0 Å². The molecule has 0 spiro atoms. The van der Waals surface area contributed by atoms with E-state index in [0.29, 0.717) is 17.6 Å². The average molecular weight is 238 g/mol. The molecule has 1 N–H and O–H groups in total. The third kappa shape index (κ3) is 3.67. The van der Waals surface area contributed by atoms with Gasteiger partial charge in [0.15, 0.2) is 0 Å². The van der Waals surface area contributed by atoms with Gasteiger partial charge in [0.2, 0.25) is 0 Å². The van der Waals surface area contributed by atoms with E-state index in [1.54, 1.807) is 13.0 Å². The number of pyridine rings is 1. The van der Waals surface area contributed by atoms with E-state index in [1.807, 2.05) is 14.1 Å². The molecule has 0 fully saturated rings. The van der Waals surface area contributed by atoms with Gasteiger partial charge in [-0.05, 0) is 34.0 Å². The lowest BCUT2D eigenvalue weighted by atomic mass is 10.3. The van der Waals surface area contributed by atoms with Crippen molar-refractivity contribution in [3.8, 4) is 0 Å². The average Bonchev–Trinajstić information content (AvgIpc) is 2.25. The summed E-state index contributed by atoms with van der Waals surface area (Å²) in [6.07, 6.45) is 0. The number of hydrogen-bond donors (Lipinski definition) is 1. The van der Waals surface area contributed by atoms with Crippen molar-refractivity contribution in [2.45, 2.75) is 19.9 Å². The van der Waals surface area contributed by atoms with Gasteiger partial charge >= 0.3 is 0 Å². The van der Waals surface area contributed by atoms with Crippen molar-refractivity contribution in [3.05, 3.63) is 27.9 Å². The summed E-state index contributed by atoms with van der Waals surface area (Å²) >= 11 is 0. The summed E-state index contributed by atoms with van der Waals surface area (Å²) in [6, 6.07) is 3.48. The molecule has 0 aliphatic heterocycles. The maximum Gasteiger partial charge on any atom is 0.290 e. The Morgan fingerprint density at radius 3 is 2.65 bits per heavy atom. The van der Waals surface area contributed by atoms with E-state index in [9.17, 15) is 10.1 Å². The summed E-state index contributed by atoms with van der Waals surface area (Å²) in [5, 5.41) is 13.8. The number of aryl methyl sites for hydroxylation is 1. The molecule has 6 heteroatoms. The Kier molecular flexibility index (Phi) is 4.39. The molecular weight excluding hydrogens is 220 g/mol. The second kappa shape index (κ2) is 5.58. The van der Waals surface area contributed by atoms with Crippen LogP contribution in [0.3, 0.4) is 0 Å². The van der Waals surface area contributed by atoms with Crippen molar-refractivity contribution in [1.29, 1.82) is 0 Å². The minimum atomic E-state index is -0.422. The van der Waals surface area contributed by atoms with Gasteiger partial charge in [0, 0.05) is 18.7 Å². The van der Waals surface area contributed by atoms with E-state index in [0.717, 1.165) is 6.54 Å². The van der Waals surface area contributed by atoms with E-state index in [-0.39, 0.29) is 5.69 Å². The predicted octanol–water partition coefficient (Wildman–Crippen LogP) is 1.66. The van der Waals surface area contributed by atoms with Crippen molar-refractivity contribution in [3.63, 3.8) is 0 Å². The molecule has 1 aromatic rings. The van der Waals surface area contributed by atoms with Crippen LogP contribution in [-0.4, -0.2) is 41.5 Å². The summed E-state index contributed by atoms with van der Waals surface area (Å²) < 4.78 is 0. The van der Waals surface area contributed by atoms with E-state index in [4.69, 9.17) is 0 Å². The molecule has 0 radical (unpaired) electrons. The van der Waals surface area contributed by atoms with Crippen LogP contribution in [0.4, 0.5) is 11.5 Å². The largest absolute Gasteiger partial charge is 0.368 e. The zero-order chi connectivity index (χ0) is 13.0. The molecule has 1 unspecified atom stereocenters. The molecule has 1 rings (SSSR count). The summed E-state index contributed by atoms with van der Waals surface area (Å²) in [7, 11) is 4.00. The van der Waals surface area contributed by atoms with E-state index >= 15 is 0 Å². The van der Waals surface area contributed by atoms with Crippen LogP contribution in [0.15, 0.2) is 12.1 Å². The first-order valence-corrected chi connectivity index (χ1v) is 5.44. The van der Waals surface area contributed by atoms with Crippen LogP contribution in [0.2, 0.25) is 0 Å². The maximum absolute atomic E-state index is 10.6. The summed E-state index contributed by atoms with van der Waals surface area (Å²) in [4.78, 5) is 16.4. The third-order valence-electron chi connectivity index (χ3n) is 2.71. The second-order valence-corrected chi connectivity index (χ2v) is 4.25. The molecule has 0 aliphatic carbocycles. The fourth-order valence-corrected chi connectivity index (χ4v) is 1.28. The Balaban J connectivity index is 2.68. The molecule has 94 valence electrons. The molecule has 0 saturated carbocycles. The maximum atomic E-state index is 10.6. The molecule has 17 heavy (non-hydrogen) atoms. The van der Waals surface area contributed by atoms with Crippen molar-refractivity contribution in [2.24, 2.45) is 0 Å². The zero-order valence-corrected chi connectivity index (χ0v) is 10.6. The van der Waals surface area contributed by atoms with Crippen molar-refractivity contribution in [2.75, 3.05) is 26.0 Å². The Labute approximate surface area is 101 Å². The summed E-state index contributed by atoms with van der Waals surface area (Å²) in [6.45, 7) is 4.47. The first-order chi connectivity index (χ1) is 7.91. The van der Waals surface area contributed by atoms with E-state index in [1.165, 1.54) is 6.07 Å². The predicted molar refractivity (Wildman–Crippen MR) is 67.3 cm³/mol. The first kappa shape index (κ1) is 13.4. The van der Waals surface area contributed by atoms with Crippen LogP contribution in [0.1, 0.15) is 12.6 Å². The Bertz CT molecular complexity index is 406. The highest BCUT2D eigenvalue weighted by atomic mass is 16.6. The number of aromatic nitrogens is 1. The molecule has 0 saturated heterocycles. The number of rotatable bonds is 5. The van der Waals surface area contributed by atoms with Crippen LogP contribution in [0, 0.1) is 17.0 Å². The molecular formula is C11H18N4O2. The molecule has 0 aromatic carbocycles. The normalized spacial score (nSPS) is 12.5. The van der Waals surface area contributed by atoms with E-state index in [2.05, 4.69) is 22.1 Å². The Morgan fingerprint density at radius 1 is 1.53 bits per heavy atom. The molecule has 1 aromatic heterocycles. The number of hydrogen-bond acceptors (Lipinski definition) is 5. The van der Waals surface area contributed by atoms with Gasteiger partial charge in [-0.15, -0.1) is 0 Å². The van der Waals surface area contributed by atoms with Gasteiger partial charge in [-0.1, -0.05) is 0 Å². The van der Waals surface area contributed by atoms with Crippen molar-refractivity contribution >= 4 is 11.5 Å². The van der Waals surface area contributed by atoms with Crippen LogP contribution in [-0.2, 0) is 0 Å². The van der Waals surface area contributed by atoms with Crippen molar-refractivity contribution in [1.82, 2.24) is 9.88 Å². The molecule has 1 heterocycles. The van der Waals surface area contributed by atoms with Crippen LogP contribution >= 0.6 is 0 Å². The lowest BCUT2D eigenvalue weighted by Gasteiger charge is -2.20. The molecule has 0 aliphatic rings. The number of anilines is 1. The fourth-order valence-electron chi connectivity index (χ4n) is 1.28.